The highest BCUT2D eigenvalue weighted by Gasteiger charge is 2.26. The van der Waals surface area contributed by atoms with Gasteiger partial charge >= 0.3 is 0 Å². The van der Waals surface area contributed by atoms with Gasteiger partial charge in [0.1, 0.15) is 11.6 Å². The van der Waals surface area contributed by atoms with Gasteiger partial charge in [0.2, 0.25) is 5.91 Å². The second-order valence-electron chi connectivity index (χ2n) is 6.19. The predicted molar refractivity (Wildman–Crippen MR) is 97.0 cm³/mol. The highest BCUT2D eigenvalue weighted by atomic mass is 19.1. The molecule has 5 nitrogen and oxygen atoms in total. The van der Waals surface area contributed by atoms with Gasteiger partial charge in [0.05, 0.1) is 11.4 Å². The lowest BCUT2D eigenvalue weighted by Crippen LogP contribution is -2.24. The van der Waals surface area contributed by atoms with E-state index >= 15 is 0 Å². The summed E-state index contributed by atoms with van der Waals surface area (Å²) in [6.45, 7) is 3.48. The number of likely N-dealkylation sites (N-methyl/N-ethyl adjacent to an activating group) is 1. The van der Waals surface area contributed by atoms with Crippen LogP contribution in [0.25, 0.3) is 10.9 Å². The van der Waals surface area contributed by atoms with E-state index in [1.54, 1.807) is 33.0 Å². The number of aromatic hydroxyl groups is 1. The zero-order chi connectivity index (χ0) is 19.0. The average molecular weight is 354 g/mol. The third-order valence-corrected chi connectivity index (χ3v) is 4.58. The van der Waals surface area contributed by atoms with Crippen LogP contribution in [-0.2, 0) is 4.79 Å². The first kappa shape index (κ1) is 17.7. The Balaban J connectivity index is 2.28. The van der Waals surface area contributed by atoms with Crippen molar-refractivity contribution in [2.45, 2.75) is 19.8 Å². The summed E-state index contributed by atoms with van der Waals surface area (Å²) in [6.07, 6.45) is 0. The number of hydrogen-bond acceptors (Lipinski definition) is 3. The van der Waals surface area contributed by atoms with Crippen molar-refractivity contribution >= 4 is 22.7 Å². The zero-order valence-electron chi connectivity index (χ0n) is 14.7. The molecular formula is C20H19FN2O3. The number of nitrogens with zero attached hydrogens (tertiary/aromatic N) is 1. The molecule has 0 aliphatic carbocycles. The van der Waals surface area contributed by atoms with Crippen LogP contribution < -0.4 is 5.32 Å². The van der Waals surface area contributed by atoms with Crippen LogP contribution in [0.5, 0.6) is 5.75 Å². The molecule has 26 heavy (non-hydrogen) atoms. The number of phenolic OH excluding ortho intramolecular Hbond substituents is 1. The maximum Gasteiger partial charge on any atom is 0.262 e. The van der Waals surface area contributed by atoms with E-state index in [1.807, 2.05) is 0 Å². The summed E-state index contributed by atoms with van der Waals surface area (Å²) in [5.74, 6) is -1.58. The summed E-state index contributed by atoms with van der Waals surface area (Å²) in [5, 5.41) is 13.1. The monoisotopic (exact) mass is 354 g/mol. The summed E-state index contributed by atoms with van der Waals surface area (Å²) in [5.41, 5.74) is 1.99. The first-order chi connectivity index (χ1) is 12.3. The lowest BCUT2D eigenvalue weighted by molar-refractivity contribution is -0.121. The lowest BCUT2D eigenvalue weighted by Gasteiger charge is -2.12. The number of nitrogens with one attached hydrogen (secondary N) is 1. The molecule has 3 rings (SSSR count). The van der Waals surface area contributed by atoms with Crippen molar-refractivity contribution in [3.8, 4) is 5.75 Å². The Bertz CT molecular complexity index is 1020. The van der Waals surface area contributed by atoms with Gasteiger partial charge in [-0.05, 0) is 55.8 Å². The molecule has 0 radical (unpaired) electrons. The van der Waals surface area contributed by atoms with Crippen LogP contribution in [0.2, 0.25) is 0 Å². The van der Waals surface area contributed by atoms with Gasteiger partial charge in [-0.15, -0.1) is 0 Å². The predicted octanol–water partition coefficient (Wildman–Crippen LogP) is 3.33. The second kappa shape index (κ2) is 6.63. The van der Waals surface area contributed by atoms with Gasteiger partial charge in [-0.3, -0.25) is 14.2 Å². The number of fused-ring (bicyclic) bond motifs is 1. The number of halogens is 1. The number of carbonyl (C=O) groups is 2. The van der Waals surface area contributed by atoms with E-state index in [4.69, 9.17) is 0 Å². The first-order valence-corrected chi connectivity index (χ1v) is 8.21. The highest BCUT2D eigenvalue weighted by molar-refractivity contribution is 6.05. The van der Waals surface area contributed by atoms with Gasteiger partial charge in [-0.2, -0.15) is 0 Å². The molecular weight excluding hydrogens is 335 g/mol. The molecule has 2 N–H and O–H groups in total. The molecule has 1 aromatic heterocycles. The summed E-state index contributed by atoms with van der Waals surface area (Å²) in [7, 11) is 1.54. The summed E-state index contributed by atoms with van der Waals surface area (Å²) in [4.78, 5) is 25.2. The van der Waals surface area contributed by atoms with Crippen molar-refractivity contribution in [2.75, 3.05) is 7.05 Å². The number of amides is 1. The molecule has 0 aliphatic rings. The molecule has 2 aromatic carbocycles. The summed E-state index contributed by atoms with van der Waals surface area (Å²) >= 11 is 0. The maximum absolute atomic E-state index is 13.5. The van der Waals surface area contributed by atoms with Crippen LogP contribution in [0.1, 0.15) is 34.5 Å². The molecule has 0 aliphatic heterocycles. The van der Waals surface area contributed by atoms with Gasteiger partial charge in [0.25, 0.3) is 5.91 Å². The van der Waals surface area contributed by atoms with E-state index in [-0.39, 0.29) is 17.2 Å². The fraction of sp³-hybridized carbons (Fsp3) is 0.200. The Morgan fingerprint density at radius 3 is 2.58 bits per heavy atom. The van der Waals surface area contributed by atoms with E-state index in [0.717, 1.165) is 0 Å². The van der Waals surface area contributed by atoms with E-state index in [9.17, 15) is 19.1 Å². The van der Waals surface area contributed by atoms with Crippen LogP contribution >= 0.6 is 0 Å². The van der Waals surface area contributed by atoms with E-state index in [1.165, 1.54) is 34.9 Å². The van der Waals surface area contributed by atoms with Crippen LogP contribution in [-0.4, -0.2) is 28.5 Å². The Morgan fingerprint density at radius 2 is 1.92 bits per heavy atom. The molecule has 1 amide bonds. The van der Waals surface area contributed by atoms with Crippen LogP contribution in [0.15, 0.2) is 42.5 Å². The van der Waals surface area contributed by atoms with Crippen molar-refractivity contribution in [3.63, 3.8) is 0 Å². The largest absolute Gasteiger partial charge is 0.508 e. The molecule has 0 spiro atoms. The number of rotatable bonds is 3. The molecule has 0 bridgehead atoms. The Kier molecular flexibility index (Phi) is 4.50. The molecule has 0 fully saturated rings. The minimum Gasteiger partial charge on any atom is -0.508 e. The van der Waals surface area contributed by atoms with Crippen molar-refractivity contribution in [3.05, 3.63) is 65.1 Å². The van der Waals surface area contributed by atoms with Crippen molar-refractivity contribution in [1.29, 1.82) is 0 Å². The Morgan fingerprint density at radius 1 is 1.19 bits per heavy atom. The molecule has 1 heterocycles. The molecule has 1 atom stereocenters. The van der Waals surface area contributed by atoms with Crippen molar-refractivity contribution < 1.29 is 19.1 Å². The van der Waals surface area contributed by atoms with Gasteiger partial charge in [0, 0.05) is 23.7 Å². The van der Waals surface area contributed by atoms with Crippen LogP contribution in [0.4, 0.5) is 4.39 Å². The summed E-state index contributed by atoms with van der Waals surface area (Å²) in [6, 6.07) is 10.1. The number of hydrogen-bond donors (Lipinski definition) is 2. The average Bonchev–Trinajstić information content (AvgIpc) is 2.90. The topological polar surface area (TPSA) is 71.3 Å². The highest BCUT2D eigenvalue weighted by Crippen LogP contribution is 2.34. The van der Waals surface area contributed by atoms with E-state index in [2.05, 4.69) is 5.32 Å². The number of aromatic nitrogens is 1. The smallest absolute Gasteiger partial charge is 0.262 e. The van der Waals surface area contributed by atoms with Gasteiger partial charge < -0.3 is 10.4 Å². The van der Waals surface area contributed by atoms with Gasteiger partial charge in [-0.25, -0.2) is 4.39 Å². The maximum atomic E-state index is 13.5. The molecule has 0 saturated heterocycles. The number of phenols is 1. The van der Waals surface area contributed by atoms with E-state index < -0.39 is 17.6 Å². The minimum atomic E-state index is -0.522. The Labute approximate surface area is 150 Å². The van der Waals surface area contributed by atoms with E-state index in [0.29, 0.717) is 22.2 Å². The number of benzene rings is 2. The van der Waals surface area contributed by atoms with Crippen LogP contribution in [0.3, 0.4) is 0 Å². The van der Waals surface area contributed by atoms with Crippen LogP contribution in [0, 0.1) is 12.7 Å². The van der Waals surface area contributed by atoms with Crippen molar-refractivity contribution in [2.24, 2.45) is 0 Å². The SMILES string of the molecule is CNC(=O)[C@H](C)c1c(C)n(C(=O)c2cccc(F)c2)c2ccc(O)cc12. The lowest BCUT2D eigenvalue weighted by atomic mass is 9.97. The summed E-state index contributed by atoms with van der Waals surface area (Å²) < 4.78 is 15.0. The van der Waals surface area contributed by atoms with Crippen molar-refractivity contribution in [1.82, 2.24) is 9.88 Å². The Hall–Kier alpha value is -3.15. The second-order valence-corrected chi connectivity index (χ2v) is 6.19. The molecule has 0 unspecified atom stereocenters. The fourth-order valence-corrected chi connectivity index (χ4v) is 3.34. The standard InChI is InChI=1S/C20H19FN2O3/c1-11(19(25)22-3)18-12(2)23(17-8-7-15(24)10-16(17)18)20(26)13-5-4-6-14(21)9-13/h4-11,24H,1-3H3,(H,22,25)/t11-/m1/s1. The molecule has 134 valence electrons. The quantitative estimate of drug-likeness (QED) is 0.758. The normalized spacial score (nSPS) is 12.2. The van der Waals surface area contributed by atoms with Gasteiger partial charge in [0.15, 0.2) is 0 Å². The molecule has 3 aromatic rings. The fourth-order valence-electron chi connectivity index (χ4n) is 3.34. The third kappa shape index (κ3) is 2.83. The number of carbonyl (C=O) groups excluding carboxylic acids is 2. The van der Waals surface area contributed by atoms with Gasteiger partial charge in [-0.1, -0.05) is 6.07 Å². The first-order valence-electron chi connectivity index (χ1n) is 8.21. The third-order valence-electron chi connectivity index (χ3n) is 4.58. The molecule has 0 saturated carbocycles. The molecule has 6 heteroatoms. The zero-order valence-corrected chi connectivity index (χ0v) is 14.7. The minimum absolute atomic E-state index is 0.0400.